The van der Waals surface area contributed by atoms with Crippen LogP contribution in [-0.2, 0) is 4.79 Å². The molecule has 1 saturated heterocycles. The molecular formula is C16H17N3O2. The second kappa shape index (κ2) is 5.83. The second-order valence-corrected chi connectivity index (χ2v) is 5.07. The topological polar surface area (TPSA) is 45.6 Å². The molecule has 3 rings (SSSR count). The maximum Gasteiger partial charge on any atom is 0.253 e. The van der Waals surface area contributed by atoms with Crippen molar-refractivity contribution in [2.45, 2.75) is 0 Å². The van der Waals surface area contributed by atoms with Gasteiger partial charge in [0.05, 0.1) is 0 Å². The first kappa shape index (κ1) is 13.4. The zero-order chi connectivity index (χ0) is 14.7. The molecule has 0 spiro atoms. The van der Waals surface area contributed by atoms with Crippen molar-refractivity contribution in [3.8, 4) is 5.69 Å². The first-order valence-electron chi connectivity index (χ1n) is 7.00. The highest BCUT2D eigenvalue weighted by atomic mass is 16.2. The van der Waals surface area contributed by atoms with E-state index in [9.17, 15) is 9.59 Å². The van der Waals surface area contributed by atoms with E-state index in [-0.39, 0.29) is 5.91 Å². The highest BCUT2D eigenvalue weighted by molar-refractivity contribution is 5.94. The SMILES string of the molecule is O=CN1CCN(C(=O)c2ccc(-n3cccc3)cc2)CC1. The van der Waals surface area contributed by atoms with Crippen LogP contribution in [-0.4, -0.2) is 52.9 Å². The highest BCUT2D eigenvalue weighted by Crippen LogP contribution is 2.13. The summed E-state index contributed by atoms with van der Waals surface area (Å²) in [6, 6.07) is 11.5. The molecule has 0 atom stereocenters. The van der Waals surface area contributed by atoms with Crippen LogP contribution in [0.25, 0.3) is 5.69 Å². The fourth-order valence-electron chi connectivity index (χ4n) is 2.50. The van der Waals surface area contributed by atoms with Gasteiger partial charge in [-0.05, 0) is 36.4 Å². The third-order valence-electron chi connectivity index (χ3n) is 3.77. The second-order valence-electron chi connectivity index (χ2n) is 5.07. The Balaban J connectivity index is 1.69. The minimum Gasteiger partial charge on any atom is -0.342 e. The molecule has 5 heteroatoms. The van der Waals surface area contributed by atoms with E-state index < -0.39 is 0 Å². The lowest BCUT2D eigenvalue weighted by Gasteiger charge is -2.32. The smallest absolute Gasteiger partial charge is 0.253 e. The molecule has 108 valence electrons. The average Bonchev–Trinajstić information content (AvgIpc) is 3.09. The van der Waals surface area contributed by atoms with Crippen molar-refractivity contribution in [2.75, 3.05) is 26.2 Å². The molecule has 0 unspecified atom stereocenters. The minimum absolute atomic E-state index is 0.0274. The van der Waals surface area contributed by atoms with E-state index in [1.54, 1.807) is 9.80 Å². The van der Waals surface area contributed by atoms with E-state index in [4.69, 9.17) is 0 Å². The first-order chi connectivity index (χ1) is 10.3. The van der Waals surface area contributed by atoms with Crippen LogP contribution >= 0.6 is 0 Å². The number of piperazine rings is 1. The van der Waals surface area contributed by atoms with Crippen molar-refractivity contribution in [3.05, 3.63) is 54.4 Å². The summed E-state index contributed by atoms with van der Waals surface area (Å²) in [5, 5.41) is 0. The van der Waals surface area contributed by atoms with Crippen LogP contribution in [0.4, 0.5) is 0 Å². The van der Waals surface area contributed by atoms with Gasteiger partial charge in [0, 0.05) is 49.8 Å². The Morgan fingerprint density at radius 2 is 1.57 bits per heavy atom. The quantitative estimate of drug-likeness (QED) is 0.799. The standard InChI is InChI=1S/C16H17N3O2/c20-13-17-9-11-19(12-10-17)16(21)14-3-5-15(6-4-14)18-7-1-2-8-18/h1-8,13H,9-12H2. The fourth-order valence-corrected chi connectivity index (χ4v) is 2.50. The van der Waals surface area contributed by atoms with Crippen LogP contribution < -0.4 is 0 Å². The summed E-state index contributed by atoms with van der Waals surface area (Å²) in [5.41, 5.74) is 1.72. The van der Waals surface area contributed by atoms with Gasteiger partial charge in [0.2, 0.25) is 6.41 Å². The summed E-state index contributed by atoms with van der Waals surface area (Å²) in [6.45, 7) is 2.40. The van der Waals surface area contributed by atoms with Gasteiger partial charge in [-0.3, -0.25) is 9.59 Å². The lowest BCUT2D eigenvalue weighted by Crippen LogP contribution is -2.48. The third kappa shape index (κ3) is 2.81. The lowest BCUT2D eigenvalue weighted by atomic mass is 10.1. The Kier molecular flexibility index (Phi) is 3.73. The Morgan fingerprint density at radius 3 is 2.14 bits per heavy atom. The van der Waals surface area contributed by atoms with E-state index in [1.165, 1.54) is 0 Å². The molecule has 2 amide bonds. The van der Waals surface area contributed by atoms with Gasteiger partial charge in [-0.2, -0.15) is 0 Å². The number of amides is 2. The van der Waals surface area contributed by atoms with E-state index in [1.807, 2.05) is 53.4 Å². The number of carbonyl (C=O) groups excluding carboxylic acids is 2. The molecule has 0 saturated carbocycles. The van der Waals surface area contributed by atoms with Gasteiger partial charge in [-0.1, -0.05) is 0 Å². The molecule has 5 nitrogen and oxygen atoms in total. The van der Waals surface area contributed by atoms with Crippen LogP contribution in [0, 0.1) is 0 Å². The van der Waals surface area contributed by atoms with Crippen molar-refractivity contribution < 1.29 is 9.59 Å². The van der Waals surface area contributed by atoms with Crippen LogP contribution in [0.1, 0.15) is 10.4 Å². The van der Waals surface area contributed by atoms with Gasteiger partial charge in [0.25, 0.3) is 5.91 Å². The molecule has 0 bridgehead atoms. The summed E-state index contributed by atoms with van der Waals surface area (Å²) in [6.07, 6.45) is 4.78. The van der Waals surface area contributed by atoms with Crippen LogP contribution in [0.3, 0.4) is 0 Å². The molecule has 21 heavy (non-hydrogen) atoms. The summed E-state index contributed by atoms with van der Waals surface area (Å²) in [5.74, 6) is 0.0274. The largest absolute Gasteiger partial charge is 0.342 e. The number of benzene rings is 1. The van der Waals surface area contributed by atoms with Crippen LogP contribution in [0.2, 0.25) is 0 Å². The Hall–Kier alpha value is -2.56. The molecule has 1 aromatic heterocycles. The normalized spacial score (nSPS) is 15.0. The number of hydrogen-bond acceptors (Lipinski definition) is 2. The molecule has 2 heterocycles. The van der Waals surface area contributed by atoms with Crippen molar-refractivity contribution in [3.63, 3.8) is 0 Å². The van der Waals surface area contributed by atoms with Gasteiger partial charge in [0.1, 0.15) is 0 Å². The molecule has 0 radical (unpaired) electrons. The van der Waals surface area contributed by atoms with Gasteiger partial charge in [-0.25, -0.2) is 0 Å². The van der Waals surface area contributed by atoms with Crippen molar-refractivity contribution in [1.29, 1.82) is 0 Å². The zero-order valence-electron chi connectivity index (χ0n) is 11.7. The Labute approximate surface area is 123 Å². The number of aromatic nitrogens is 1. The average molecular weight is 283 g/mol. The first-order valence-corrected chi connectivity index (χ1v) is 7.00. The van der Waals surface area contributed by atoms with E-state index >= 15 is 0 Å². The van der Waals surface area contributed by atoms with Crippen LogP contribution in [0.15, 0.2) is 48.8 Å². The maximum absolute atomic E-state index is 12.4. The molecular weight excluding hydrogens is 266 g/mol. The summed E-state index contributed by atoms with van der Waals surface area (Å²) in [4.78, 5) is 26.6. The number of carbonyl (C=O) groups is 2. The van der Waals surface area contributed by atoms with Gasteiger partial charge in [0.15, 0.2) is 0 Å². The summed E-state index contributed by atoms with van der Waals surface area (Å²) >= 11 is 0. The van der Waals surface area contributed by atoms with E-state index in [0.717, 1.165) is 12.1 Å². The molecule has 0 N–H and O–H groups in total. The third-order valence-corrected chi connectivity index (χ3v) is 3.77. The lowest BCUT2D eigenvalue weighted by molar-refractivity contribution is -0.119. The molecule has 2 aromatic rings. The number of nitrogens with zero attached hydrogens (tertiary/aromatic N) is 3. The molecule has 1 aliphatic heterocycles. The Bertz CT molecular complexity index is 611. The number of rotatable bonds is 3. The predicted octanol–water partition coefficient (Wildman–Crippen LogP) is 1.39. The van der Waals surface area contributed by atoms with Gasteiger partial charge >= 0.3 is 0 Å². The molecule has 1 aliphatic rings. The van der Waals surface area contributed by atoms with Crippen molar-refractivity contribution in [1.82, 2.24) is 14.4 Å². The Morgan fingerprint density at radius 1 is 0.952 bits per heavy atom. The van der Waals surface area contributed by atoms with E-state index in [0.29, 0.717) is 31.7 Å². The van der Waals surface area contributed by atoms with Crippen LogP contribution in [0.5, 0.6) is 0 Å². The molecule has 1 fully saturated rings. The summed E-state index contributed by atoms with van der Waals surface area (Å²) < 4.78 is 2.00. The summed E-state index contributed by atoms with van der Waals surface area (Å²) in [7, 11) is 0. The zero-order valence-corrected chi connectivity index (χ0v) is 11.7. The van der Waals surface area contributed by atoms with Gasteiger partial charge < -0.3 is 14.4 Å². The maximum atomic E-state index is 12.4. The van der Waals surface area contributed by atoms with Crippen molar-refractivity contribution in [2.24, 2.45) is 0 Å². The van der Waals surface area contributed by atoms with Crippen molar-refractivity contribution >= 4 is 12.3 Å². The molecule has 0 aliphatic carbocycles. The predicted molar refractivity (Wildman–Crippen MR) is 79.3 cm³/mol. The van der Waals surface area contributed by atoms with E-state index in [2.05, 4.69) is 0 Å². The fraction of sp³-hybridized carbons (Fsp3) is 0.250. The highest BCUT2D eigenvalue weighted by Gasteiger charge is 2.21. The van der Waals surface area contributed by atoms with Gasteiger partial charge in [-0.15, -0.1) is 0 Å². The molecule has 1 aromatic carbocycles. The number of hydrogen-bond donors (Lipinski definition) is 0. The monoisotopic (exact) mass is 283 g/mol. The minimum atomic E-state index is 0.0274.